The lowest BCUT2D eigenvalue weighted by molar-refractivity contribution is 0.703. The van der Waals surface area contributed by atoms with Gasteiger partial charge in [0.1, 0.15) is 5.82 Å². The maximum atomic E-state index is 6.50. The average Bonchev–Trinajstić information content (AvgIpc) is 3.46. The second kappa shape index (κ2) is 6.80. The van der Waals surface area contributed by atoms with Crippen LogP contribution in [-0.2, 0) is 6.54 Å². The minimum absolute atomic E-state index is 0.431. The molecule has 0 bridgehead atoms. The Morgan fingerprint density at radius 2 is 1.79 bits per heavy atom. The normalized spacial score (nSPS) is 13.8. The van der Waals surface area contributed by atoms with Crippen molar-refractivity contribution in [2.45, 2.75) is 25.4 Å². The van der Waals surface area contributed by atoms with Crippen LogP contribution < -0.4 is 11.1 Å². The first-order chi connectivity index (χ1) is 13.7. The number of nitrogens with zero attached hydrogens (tertiary/aromatic N) is 4. The smallest absolute Gasteiger partial charge is 0.225 e. The summed E-state index contributed by atoms with van der Waals surface area (Å²) in [6, 6.07) is 18.2. The first kappa shape index (κ1) is 17.0. The number of nitrogen functional groups attached to an aromatic ring is 1. The Labute approximate surface area is 167 Å². The Morgan fingerprint density at radius 1 is 1.04 bits per heavy atom. The summed E-state index contributed by atoms with van der Waals surface area (Å²) < 4.78 is 1.77. The van der Waals surface area contributed by atoms with Crippen molar-refractivity contribution >= 4 is 34.4 Å². The Balaban J connectivity index is 1.68. The van der Waals surface area contributed by atoms with Gasteiger partial charge in [-0.3, -0.25) is 0 Å². The molecule has 3 N–H and O–H groups in total. The predicted octanol–water partition coefficient (Wildman–Crippen LogP) is 4.35. The van der Waals surface area contributed by atoms with Gasteiger partial charge >= 0.3 is 0 Å². The summed E-state index contributed by atoms with van der Waals surface area (Å²) in [4.78, 5) is 9.37. The van der Waals surface area contributed by atoms with E-state index in [1.807, 2.05) is 54.6 Å². The molecule has 5 rings (SSSR count). The minimum atomic E-state index is 0.431. The Bertz CT molecular complexity index is 1150. The molecule has 1 saturated carbocycles. The van der Waals surface area contributed by atoms with E-state index in [1.165, 1.54) is 0 Å². The third-order valence-electron chi connectivity index (χ3n) is 4.85. The summed E-state index contributed by atoms with van der Waals surface area (Å²) in [6.07, 6.45) is 2.26. The lowest BCUT2D eigenvalue weighted by atomic mass is 10.1. The second-order valence-corrected chi connectivity index (χ2v) is 7.43. The zero-order valence-electron chi connectivity index (χ0n) is 15.1. The highest BCUT2D eigenvalue weighted by Crippen LogP contribution is 2.36. The lowest BCUT2D eigenvalue weighted by Crippen LogP contribution is -2.06. The van der Waals surface area contributed by atoms with Crippen LogP contribution in [0, 0.1) is 0 Å². The summed E-state index contributed by atoms with van der Waals surface area (Å²) in [6.45, 7) is 0.566. The average molecular weight is 391 g/mol. The molecule has 2 heterocycles. The molecule has 6 nitrogen and oxygen atoms in total. The molecule has 0 amide bonds. The molecule has 140 valence electrons. The molecule has 2 aromatic heterocycles. The molecule has 0 aliphatic heterocycles. The highest BCUT2D eigenvalue weighted by molar-refractivity contribution is 6.33. The third kappa shape index (κ3) is 3.16. The Morgan fingerprint density at radius 3 is 2.54 bits per heavy atom. The number of nitrogens with two attached hydrogens (primary N) is 1. The maximum Gasteiger partial charge on any atom is 0.225 e. The number of aromatic nitrogens is 4. The molecule has 1 fully saturated rings. The topological polar surface area (TPSA) is 81.7 Å². The first-order valence-electron chi connectivity index (χ1n) is 9.28. The summed E-state index contributed by atoms with van der Waals surface area (Å²) >= 11 is 6.47. The molecule has 1 aliphatic rings. The van der Waals surface area contributed by atoms with Gasteiger partial charge in [0, 0.05) is 16.6 Å². The van der Waals surface area contributed by atoms with Crippen LogP contribution >= 0.6 is 11.6 Å². The molecule has 0 atom stereocenters. The number of hydrogen-bond acceptors (Lipinski definition) is 5. The molecule has 2 aromatic carbocycles. The molecule has 28 heavy (non-hydrogen) atoms. The van der Waals surface area contributed by atoms with E-state index >= 15 is 0 Å². The van der Waals surface area contributed by atoms with Crippen LogP contribution in [0.1, 0.15) is 18.4 Å². The van der Waals surface area contributed by atoms with Crippen molar-refractivity contribution in [3.05, 3.63) is 65.2 Å². The summed E-state index contributed by atoms with van der Waals surface area (Å²) in [7, 11) is 0. The van der Waals surface area contributed by atoms with Gasteiger partial charge in [0.25, 0.3) is 0 Å². The van der Waals surface area contributed by atoms with Crippen molar-refractivity contribution in [3.8, 4) is 11.3 Å². The SMILES string of the molecule is Nc1c2c(-c3ccccc3Cl)nc(NC3CC3)nc2nn1Cc1ccccc1. The zero-order chi connectivity index (χ0) is 19.1. The van der Waals surface area contributed by atoms with Gasteiger partial charge in [-0.1, -0.05) is 60.1 Å². The number of fused-ring (bicyclic) bond motifs is 1. The van der Waals surface area contributed by atoms with Gasteiger partial charge in [0.05, 0.1) is 17.6 Å². The molecular formula is C21H19ClN6. The van der Waals surface area contributed by atoms with E-state index in [0.717, 1.165) is 29.4 Å². The number of hydrogen-bond donors (Lipinski definition) is 2. The fourth-order valence-electron chi connectivity index (χ4n) is 3.25. The van der Waals surface area contributed by atoms with Gasteiger partial charge < -0.3 is 11.1 Å². The lowest BCUT2D eigenvalue weighted by Gasteiger charge is -2.09. The van der Waals surface area contributed by atoms with E-state index in [-0.39, 0.29) is 0 Å². The van der Waals surface area contributed by atoms with Crippen molar-refractivity contribution in [2.75, 3.05) is 11.1 Å². The van der Waals surface area contributed by atoms with E-state index in [0.29, 0.717) is 40.7 Å². The fourth-order valence-corrected chi connectivity index (χ4v) is 3.48. The molecule has 7 heteroatoms. The van der Waals surface area contributed by atoms with E-state index < -0.39 is 0 Å². The molecule has 4 aromatic rings. The van der Waals surface area contributed by atoms with Gasteiger partial charge in [-0.25, -0.2) is 9.67 Å². The fraction of sp³-hybridized carbons (Fsp3) is 0.190. The van der Waals surface area contributed by atoms with E-state index in [9.17, 15) is 0 Å². The number of anilines is 2. The molecule has 0 radical (unpaired) electrons. The molecule has 0 unspecified atom stereocenters. The Hall–Kier alpha value is -3.12. The van der Waals surface area contributed by atoms with Crippen molar-refractivity contribution in [3.63, 3.8) is 0 Å². The monoisotopic (exact) mass is 390 g/mol. The van der Waals surface area contributed by atoms with Crippen LogP contribution in [0.3, 0.4) is 0 Å². The van der Waals surface area contributed by atoms with Crippen molar-refractivity contribution in [1.29, 1.82) is 0 Å². The molecular weight excluding hydrogens is 372 g/mol. The largest absolute Gasteiger partial charge is 0.383 e. The van der Waals surface area contributed by atoms with Crippen LogP contribution in [0.4, 0.5) is 11.8 Å². The Kier molecular flexibility index (Phi) is 4.13. The number of nitrogens with one attached hydrogen (secondary N) is 1. The quantitative estimate of drug-likeness (QED) is 0.529. The summed E-state index contributed by atoms with van der Waals surface area (Å²) in [5.41, 5.74) is 9.71. The van der Waals surface area contributed by atoms with Crippen molar-refractivity contribution < 1.29 is 0 Å². The van der Waals surface area contributed by atoms with Gasteiger partial charge in [0.15, 0.2) is 5.65 Å². The molecule has 1 aliphatic carbocycles. The number of halogens is 1. The van der Waals surface area contributed by atoms with E-state index in [4.69, 9.17) is 22.3 Å². The van der Waals surface area contributed by atoms with Crippen molar-refractivity contribution in [2.24, 2.45) is 0 Å². The van der Waals surface area contributed by atoms with Crippen LogP contribution in [0.2, 0.25) is 5.02 Å². The van der Waals surface area contributed by atoms with Crippen LogP contribution in [0.5, 0.6) is 0 Å². The van der Waals surface area contributed by atoms with Crippen molar-refractivity contribution in [1.82, 2.24) is 19.7 Å². The molecule has 0 saturated heterocycles. The number of benzene rings is 2. The van der Waals surface area contributed by atoms with E-state index in [1.54, 1.807) is 4.68 Å². The minimum Gasteiger partial charge on any atom is -0.383 e. The predicted molar refractivity (Wildman–Crippen MR) is 112 cm³/mol. The van der Waals surface area contributed by atoms with Crippen LogP contribution in [-0.4, -0.2) is 25.8 Å². The van der Waals surface area contributed by atoms with E-state index in [2.05, 4.69) is 15.4 Å². The maximum absolute atomic E-state index is 6.50. The summed E-state index contributed by atoms with van der Waals surface area (Å²) in [5, 5.41) is 9.38. The van der Waals surface area contributed by atoms with Crippen LogP contribution in [0.25, 0.3) is 22.3 Å². The zero-order valence-corrected chi connectivity index (χ0v) is 15.9. The molecule has 0 spiro atoms. The van der Waals surface area contributed by atoms with Gasteiger partial charge in [-0.15, -0.1) is 5.10 Å². The highest BCUT2D eigenvalue weighted by atomic mass is 35.5. The first-order valence-corrected chi connectivity index (χ1v) is 9.66. The van der Waals surface area contributed by atoms with Gasteiger partial charge in [0.2, 0.25) is 5.95 Å². The standard InChI is InChI=1S/C21H19ClN6/c22-16-9-5-4-8-15(16)18-17-19(23)28(12-13-6-2-1-3-7-13)27-20(17)26-21(25-18)24-14-10-11-14/h1-9,14H,10-12,23H2,(H,24,26,27). The van der Waals surface area contributed by atoms with Crippen LogP contribution in [0.15, 0.2) is 54.6 Å². The number of rotatable bonds is 5. The van der Waals surface area contributed by atoms with Gasteiger partial charge in [-0.05, 0) is 24.5 Å². The highest BCUT2D eigenvalue weighted by Gasteiger charge is 2.25. The van der Waals surface area contributed by atoms with Gasteiger partial charge in [-0.2, -0.15) is 4.98 Å². The second-order valence-electron chi connectivity index (χ2n) is 7.02. The summed E-state index contributed by atoms with van der Waals surface area (Å²) in [5.74, 6) is 1.10. The third-order valence-corrected chi connectivity index (χ3v) is 5.18.